The number of benzene rings is 2. The summed E-state index contributed by atoms with van der Waals surface area (Å²) >= 11 is 6.05. The van der Waals surface area contributed by atoms with Crippen molar-refractivity contribution in [2.75, 3.05) is 6.26 Å². The highest BCUT2D eigenvalue weighted by molar-refractivity contribution is 7.89. The zero-order chi connectivity index (χ0) is 23.8. The molecule has 12 heteroatoms. The Kier molecular flexibility index (Phi) is 6.42. The lowest BCUT2D eigenvalue weighted by Crippen LogP contribution is -2.30. The van der Waals surface area contributed by atoms with Crippen LogP contribution < -0.4 is 9.46 Å². The van der Waals surface area contributed by atoms with Crippen molar-refractivity contribution < 1.29 is 35.5 Å². The summed E-state index contributed by atoms with van der Waals surface area (Å²) in [5, 5.41) is -0.221. The van der Waals surface area contributed by atoms with Crippen molar-refractivity contribution in [3.8, 4) is 22.8 Å². The van der Waals surface area contributed by atoms with Crippen molar-refractivity contribution in [3.05, 3.63) is 75.9 Å². The molecule has 0 fully saturated rings. The standard InChI is InChI=1S/C20H13ClF4N2O4S/c1-9-3-4-16(18(25)17(9)24)31-20-13(21)5-10(8-26-20)11-6-15(23)12(7-14(11)22)19(28)27-32(2,29)30/h3-8H,1-2H3,(H,27,28). The molecule has 168 valence electrons. The monoisotopic (exact) mass is 488 g/mol. The summed E-state index contributed by atoms with van der Waals surface area (Å²) in [5.74, 6) is -6.76. The van der Waals surface area contributed by atoms with Gasteiger partial charge in [-0.15, -0.1) is 0 Å². The minimum Gasteiger partial charge on any atom is -0.434 e. The molecule has 1 aromatic heterocycles. The number of carbonyl (C=O) groups is 1. The summed E-state index contributed by atoms with van der Waals surface area (Å²) in [7, 11) is -3.99. The molecule has 1 amide bonds. The van der Waals surface area contributed by atoms with Crippen molar-refractivity contribution in [3.63, 3.8) is 0 Å². The molecule has 6 nitrogen and oxygen atoms in total. The molecule has 0 bridgehead atoms. The van der Waals surface area contributed by atoms with Crippen LogP contribution in [0, 0.1) is 30.2 Å². The Labute approximate surface area is 184 Å². The lowest BCUT2D eigenvalue weighted by molar-refractivity contribution is 0.0977. The van der Waals surface area contributed by atoms with Crippen LogP contribution in [0.5, 0.6) is 11.6 Å². The van der Waals surface area contributed by atoms with Crippen molar-refractivity contribution in [1.82, 2.24) is 9.71 Å². The number of aryl methyl sites for hydroxylation is 1. The molecule has 0 unspecified atom stereocenters. The van der Waals surface area contributed by atoms with Crippen LogP contribution in [0.15, 0.2) is 36.5 Å². The van der Waals surface area contributed by atoms with Gasteiger partial charge in [-0.05, 0) is 36.8 Å². The van der Waals surface area contributed by atoms with Gasteiger partial charge in [-0.2, -0.15) is 4.39 Å². The first-order valence-corrected chi connectivity index (χ1v) is 10.9. The van der Waals surface area contributed by atoms with Gasteiger partial charge in [0.15, 0.2) is 11.6 Å². The Morgan fingerprint density at radius 2 is 1.75 bits per heavy atom. The Bertz CT molecular complexity index is 1350. The SMILES string of the molecule is Cc1ccc(Oc2ncc(-c3cc(F)c(C(=O)NS(C)(=O)=O)cc3F)cc2Cl)c(F)c1F. The van der Waals surface area contributed by atoms with Crippen LogP contribution in [0.25, 0.3) is 11.1 Å². The summed E-state index contributed by atoms with van der Waals surface area (Å²) < 4.78 is 85.5. The average molecular weight is 489 g/mol. The van der Waals surface area contributed by atoms with E-state index in [4.69, 9.17) is 16.3 Å². The fourth-order valence-corrected chi connectivity index (χ4v) is 3.28. The molecule has 2 aromatic carbocycles. The molecule has 0 radical (unpaired) electrons. The van der Waals surface area contributed by atoms with Crippen LogP contribution in [0.3, 0.4) is 0 Å². The van der Waals surface area contributed by atoms with Crippen LogP contribution in [-0.2, 0) is 10.0 Å². The molecule has 32 heavy (non-hydrogen) atoms. The fraction of sp³-hybridized carbons (Fsp3) is 0.100. The number of nitrogens with zero attached hydrogens (tertiary/aromatic N) is 1. The molecule has 3 aromatic rings. The second kappa shape index (κ2) is 8.75. The van der Waals surface area contributed by atoms with Gasteiger partial charge >= 0.3 is 0 Å². The topological polar surface area (TPSA) is 85.4 Å². The zero-order valence-corrected chi connectivity index (χ0v) is 17.9. The summed E-state index contributed by atoms with van der Waals surface area (Å²) in [5.41, 5.74) is -1.13. The number of halogens is 5. The quantitative estimate of drug-likeness (QED) is 0.524. The van der Waals surface area contributed by atoms with Gasteiger partial charge in [-0.25, -0.2) is 31.3 Å². The van der Waals surface area contributed by atoms with Crippen LogP contribution in [0.1, 0.15) is 15.9 Å². The fourth-order valence-electron chi connectivity index (χ4n) is 2.62. The lowest BCUT2D eigenvalue weighted by atomic mass is 10.0. The van der Waals surface area contributed by atoms with Gasteiger partial charge in [0, 0.05) is 17.3 Å². The molecule has 0 spiro atoms. The molecule has 3 rings (SSSR count). The number of hydrogen-bond donors (Lipinski definition) is 1. The molecule has 0 aliphatic rings. The van der Waals surface area contributed by atoms with Gasteiger partial charge in [-0.1, -0.05) is 17.7 Å². The maximum absolute atomic E-state index is 14.5. The summed E-state index contributed by atoms with van der Waals surface area (Å²) in [4.78, 5) is 15.7. The molecule has 0 atom stereocenters. The number of rotatable bonds is 5. The van der Waals surface area contributed by atoms with Crippen LogP contribution >= 0.6 is 11.6 Å². The minimum absolute atomic E-state index is 0.0237. The van der Waals surface area contributed by atoms with Gasteiger partial charge in [0.25, 0.3) is 5.91 Å². The van der Waals surface area contributed by atoms with E-state index < -0.39 is 50.5 Å². The predicted octanol–water partition coefficient (Wildman–Crippen LogP) is 4.75. The highest BCUT2D eigenvalue weighted by atomic mass is 35.5. The average Bonchev–Trinajstić information content (AvgIpc) is 2.69. The Hall–Kier alpha value is -3.18. The normalized spacial score (nSPS) is 11.3. The first-order valence-electron chi connectivity index (χ1n) is 8.67. The number of hydrogen-bond acceptors (Lipinski definition) is 5. The molecular formula is C20H13ClF4N2O4S. The largest absolute Gasteiger partial charge is 0.434 e. The van der Waals surface area contributed by atoms with E-state index in [0.717, 1.165) is 12.3 Å². The van der Waals surface area contributed by atoms with E-state index in [1.807, 2.05) is 0 Å². The molecule has 0 aliphatic carbocycles. The molecule has 0 aliphatic heterocycles. The number of nitrogens with one attached hydrogen (secondary N) is 1. The Morgan fingerprint density at radius 1 is 1.06 bits per heavy atom. The van der Waals surface area contributed by atoms with Crippen molar-refractivity contribution in [2.45, 2.75) is 6.92 Å². The third-order valence-electron chi connectivity index (χ3n) is 4.14. The van der Waals surface area contributed by atoms with Crippen LogP contribution in [0.4, 0.5) is 17.6 Å². The third-order valence-corrected chi connectivity index (χ3v) is 4.97. The number of amides is 1. The summed E-state index contributed by atoms with van der Waals surface area (Å²) in [6, 6.07) is 4.79. The second-order valence-electron chi connectivity index (χ2n) is 6.64. The Morgan fingerprint density at radius 3 is 2.38 bits per heavy atom. The van der Waals surface area contributed by atoms with E-state index in [9.17, 15) is 30.8 Å². The van der Waals surface area contributed by atoms with Gasteiger partial charge < -0.3 is 4.74 Å². The number of pyridine rings is 1. The second-order valence-corrected chi connectivity index (χ2v) is 8.79. The van der Waals surface area contributed by atoms with Crippen molar-refractivity contribution in [1.29, 1.82) is 0 Å². The van der Waals surface area contributed by atoms with Gasteiger partial charge in [0.1, 0.15) is 16.7 Å². The molecular weight excluding hydrogens is 476 g/mol. The molecule has 1 N–H and O–H groups in total. The Balaban J connectivity index is 1.93. The van der Waals surface area contributed by atoms with Gasteiger partial charge in [0.05, 0.1) is 11.8 Å². The molecule has 0 saturated carbocycles. The maximum atomic E-state index is 14.5. The van der Waals surface area contributed by atoms with E-state index in [1.165, 1.54) is 23.8 Å². The van der Waals surface area contributed by atoms with E-state index >= 15 is 0 Å². The van der Waals surface area contributed by atoms with E-state index in [1.54, 1.807) is 0 Å². The van der Waals surface area contributed by atoms with Crippen LogP contribution in [0.2, 0.25) is 5.02 Å². The summed E-state index contributed by atoms with van der Waals surface area (Å²) in [6.07, 6.45) is 1.72. The van der Waals surface area contributed by atoms with Crippen LogP contribution in [-0.4, -0.2) is 25.6 Å². The van der Waals surface area contributed by atoms with Crippen molar-refractivity contribution >= 4 is 27.5 Å². The smallest absolute Gasteiger partial charge is 0.267 e. The minimum atomic E-state index is -3.99. The first-order chi connectivity index (χ1) is 14.9. The highest BCUT2D eigenvalue weighted by Gasteiger charge is 2.21. The lowest BCUT2D eigenvalue weighted by Gasteiger charge is -2.11. The summed E-state index contributed by atoms with van der Waals surface area (Å²) in [6.45, 7) is 1.37. The van der Waals surface area contributed by atoms with E-state index in [0.29, 0.717) is 18.4 Å². The van der Waals surface area contributed by atoms with Gasteiger partial charge in [-0.3, -0.25) is 4.79 Å². The molecule has 1 heterocycles. The maximum Gasteiger partial charge on any atom is 0.267 e. The third kappa shape index (κ3) is 5.00. The zero-order valence-electron chi connectivity index (χ0n) is 16.3. The number of sulfonamides is 1. The highest BCUT2D eigenvalue weighted by Crippen LogP contribution is 2.34. The molecule has 0 saturated heterocycles. The van der Waals surface area contributed by atoms with E-state index in [2.05, 4.69) is 4.98 Å². The van der Waals surface area contributed by atoms with Crippen molar-refractivity contribution in [2.24, 2.45) is 0 Å². The first kappa shape index (κ1) is 23.5. The number of aromatic nitrogens is 1. The predicted molar refractivity (Wildman–Crippen MR) is 108 cm³/mol. The van der Waals surface area contributed by atoms with E-state index in [-0.39, 0.29) is 27.6 Å². The number of ether oxygens (including phenoxy) is 1. The number of carbonyl (C=O) groups excluding carboxylic acids is 1. The van der Waals surface area contributed by atoms with Gasteiger partial charge in [0.2, 0.25) is 21.7 Å².